The van der Waals surface area contributed by atoms with Crippen LogP contribution in [-0.4, -0.2) is 25.5 Å². The molecule has 0 unspecified atom stereocenters. The molecule has 0 aliphatic rings. The molecule has 4 rings (SSSR count). The summed E-state index contributed by atoms with van der Waals surface area (Å²) in [6.07, 6.45) is -1.67. The van der Waals surface area contributed by atoms with Gasteiger partial charge in [-0.3, -0.25) is 4.79 Å². The Morgan fingerprint density at radius 2 is 2.00 bits per heavy atom. The third kappa shape index (κ3) is 3.96. The van der Waals surface area contributed by atoms with Crippen molar-refractivity contribution in [1.29, 1.82) is 0 Å². The maximum Gasteiger partial charge on any atom is 0.416 e. The Labute approximate surface area is 162 Å². The van der Waals surface area contributed by atoms with E-state index in [1.807, 2.05) is 0 Å². The first-order chi connectivity index (χ1) is 13.8. The van der Waals surface area contributed by atoms with E-state index in [0.717, 1.165) is 12.1 Å². The molecule has 0 fully saturated rings. The number of aromatic nitrogens is 4. The second kappa shape index (κ2) is 7.04. The highest BCUT2D eigenvalue weighted by Gasteiger charge is 2.30. The highest BCUT2D eigenvalue weighted by atomic mass is 19.4. The predicted octanol–water partition coefficient (Wildman–Crippen LogP) is 3.89. The second-order valence-corrected chi connectivity index (χ2v) is 6.32. The second-order valence-electron chi connectivity index (χ2n) is 6.32. The summed E-state index contributed by atoms with van der Waals surface area (Å²) < 4.78 is 45.4. The van der Waals surface area contributed by atoms with Crippen molar-refractivity contribution in [2.24, 2.45) is 0 Å². The zero-order chi connectivity index (χ0) is 20.6. The van der Waals surface area contributed by atoms with Crippen molar-refractivity contribution in [3.8, 4) is 11.6 Å². The quantitative estimate of drug-likeness (QED) is 0.561. The number of benzene rings is 1. The Morgan fingerprint density at radius 1 is 1.17 bits per heavy atom. The first-order valence-electron chi connectivity index (χ1n) is 8.53. The molecule has 1 amide bonds. The van der Waals surface area contributed by atoms with E-state index in [0.29, 0.717) is 28.8 Å². The molecule has 0 saturated carbocycles. The molecular weight excluding hydrogens is 387 g/mol. The van der Waals surface area contributed by atoms with Gasteiger partial charge < -0.3 is 9.73 Å². The molecule has 29 heavy (non-hydrogen) atoms. The van der Waals surface area contributed by atoms with Crippen molar-refractivity contribution in [3.05, 3.63) is 65.7 Å². The first kappa shape index (κ1) is 18.7. The molecule has 10 heteroatoms. The summed E-state index contributed by atoms with van der Waals surface area (Å²) in [5, 5.41) is 6.87. The van der Waals surface area contributed by atoms with E-state index >= 15 is 0 Å². The molecule has 1 N–H and O–H groups in total. The van der Waals surface area contributed by atoms with Gasteiger partial charge in [0, 0.05) is 0 Å². The number of hydrogen-bond acceptors (Lipinski definition) is 5. The fourth-order valence-electron chi connectivity index (χ4n) is 2.77. The van der Waals surface area contributed by atoms with Gasteiger partial charge in [-0.1, -0.05) is 18.2 Å². The summed E-state index contributed by atoms with van der Waals surface area (Å²) in [5.74, 6) is 0.520. The number of nitrogens with zero attached hydrogens (tertiary/aromatic N) is 4. The van der Waals surface area contributed by atoms with Gasteiger partial charge in [0.2, 0.25) is 11.6 Å². The van der Waals surface area contributed by atoms with Gasteiger partial charge in [0.15, 0.2) is 0 Å². The SMILES string of the molecule is Cc1ncc2oc(-c3ccc(NC(=O)Cc4cccc(C(F)(F)F)c4)cn3)nn12. The van der Waals surface area contributed by atoms with Crippen LogP contribution in [0.1, 0.15) is 17.0 Å². The van der Waals surface area contributed by atoms with Crippen molar-refractivity contribution in [2.45, 2.75) is 19.5 Å². The molecular formula is C19H14F3N5O2. The fourth-order valence-corrected chi connectivity index (χ4v) is 2.77. The average Bonchev–Trinajstić information content (AvgIpc) is 3.24. The summed E-state index contributed by atoms with van der Waals surface area (Å²) in [7, 11) is 0. The largest absolute Gasteiger partial charge is 0.416 e. The fraction of sp³-hybridized carbons (Fsp3) is 0.158. The third-order valence-corrected chi connectivity index (χ3v) is 4.15. The molecule has 0 aliphatic carbocycles. The van der Waals surface area contributed by atoms with E-state index < -0.39 is 17.6 Å². The molecule has 0 aliphatic heterocycles. The number of aryl methyl sites for hydroxylation is 1. The number of fused-ring (bicyclic) bond motifs is 1. The molecule has 7 nitrogen and oxygen atoms in total. The molecule has 0 radical (unpaired) electrons. The Bertz CT molecular complexity index is 1180. The highest BCUT2D eigenvalue weighted by molar-refractivity contribution is 5.92. The van der Waals surface area contributed by atoms with Crippen LogP contribution in [0.5, 0.6) is 0 Å². The van der Waals surface area contributed by atoms with Crippen LogP contribution in [0.2, 0.25) is 0 Å². The minimum absolute atomic E-state index is 0.191. The number of imidazole rings is 1. The van der Waals surface area contributed by atoms with Gasteiger partial charge >= 0.3 is 6.18 Å². The minimum Gasteiger partial charge on any atom is -0.415 e. The number of amides is 1. The van der Waals surface area contributed by atoms with E-state index in [4.69, 9.17) is 4.42 Å². The van der Waals surface area contributed by atoms with Crippen molar-refractivity contribution in [3.63, 3.8) is 0 Å². The molecule has 4 aromatic rings. The van der Waals surface area contributed by atoms with Crippen LogP contribution < -0.4 is 5.32 Å². The molecule has 0 atom stereocenters. The van der Waals surface area contributed by atoms with Gasteiger partial charge in [-0.15, -0.1) is 5.10 Å². The lowest BCUT2D eigenvalue weighted by Gasteiger charge is -2.09. The molecule has 0 bridgehead atoms. The van der Waals surface area contributed by atoms with E-state index in [2.05, 4.69) is 20.4 Å². The summed E-state index contributed by atoms with van der Waals surface area (Å²) in [4.78, 5) is 20.4. The number of carbonyl (C=O) groups is 1. The maximum atomic E-state index is 12.8. The van der Waals surface area contributed by atoms with E-state index in [1.165, 1.54) is 18.3 Å². The minimum atomic E-state index is -4.45. The van der Waals surface area contributed by atoms with Crippen LogP contribution >= 0.6 is 0 Å². The molecule has 0 spiro atoms. The highest BCUT2D eigenvalue weighted by Crippen LogP contribution is 2.29. The number of anilines is 1. The summed E-state index contributed by atoms with van der Waals surface area (Å²) in [6.45, 7) is 1.79. The number of halogens is 3. The van der Waals surface area contributed by atoms with E-state index in [1.54, 1.807) is 29.8 Å². The van der Waals surface area contributed by atoms with Gasteiger partial charge in [0.25, 0.3) is 5.89 Å². The zero-order valence-electron chi connectivity index (χ0n) is 15.1. The van der Waals surface area contributed by atoms with Crippen LogP contribution in [0.15, 0.2) is 53.2 Å². The molecule has 3 heterocycles. The monoisotopic (exact) mass is 401 g/mol. The van der Waals surface area contributed by atoms with Gasteiger partial charge in [-0.05, 0) is 30.7 Å². The van der Waals surface area contributed by atoms with Crippen LogP contribution in [0.4, 0.5) is 18.9 Å². The number of nitrogens with one attached hydrogen (secondary N) is 1. The summed E-state index contributed by atoms with van der Waals surface area (Å²) >= 11 is 0. The van der Waals surface area contributed by atoms with Crippen molar-refractivity contribution in [2.75, 3.05) is 5.32 Å². The van der Waals surface area contributed by atoms with Crippen molar-refractivity contribution >= 4 is 17.3 Å². The Balaban J connectivity index is 1.44. The first-order valence-corrected chi connectivity index (χ1v) is 8.53. The van der Waals surface area contributed by atoms with Crippen LogP contribution in [0.25, 0.3) is 17.3 Å². The normalized spacial score (nSPS) is 11.7. The Morgan fingerprint density at radius 3 is 2.69 bits per heavy atom. The van der Waals surface area contributed by atoms with E-state index in [-0.39, 0.29) is 12.0 Å². The smallest absolute Gasteiger partial charge is 0.415 e. The zero-order valence-corrected chi connectivity index (χ0v) is 15.1. The number of rotatable bonds is 4. The number of carbonyl (C=O) groups excluding carboxylic acids is 1. The third-order valence-electron chi connectivity index (χ3n) is 4.15. The standard InChI is InChI=1S/C19H14F3N5O2/c1-11-23-10-17-27(11)26-18(29-17)15-6-5-14(9-24-15)25-16(28)8-12-3-2-4-13(7-12)19(20,21)22/h2-7,9-10H,8H2,1H3,(H,25,28). The van der Waals surface area contributed by atoms with Crippen LogP contribution in [0, 0.1) is 6.92 Å². The average molecular weight is 401 g/mol. The number of hydrogen-bond donors (Lipinski definition) is 1. The lowest BCUT2D eigenvalue weighted by molar-refractivity contribution is -0.137. The topological polar surface area (TPSA) is 85.3 Å². The summed E-state index contributed by atoms with van der Waals surface area (Å²) in [5.41, 5.74) is 0.826. The molecule has 0 saturated heterocycles. The Kier molecular flexibility index (Phi) is 4.53. The predicted molar refractivity (Wildman–Crippen MR) is 97.0 cm³/mol. The van der Waals surface area contributed by atoms with Gasteiger partial charge in [-0.25, -0.2) is 9.97 Å². The maximum absolute atomic E-state index is 12.8. The number of alkyl halides is 3. The summed E-state index contributed by atoms with van der Waals surface area (Å²) in [6, 6.07) is 7.90. The Hall–Kier alpha value is -3.69. The van der Waals surface area contributed by atoms with Crippen LogP contribution in [0.3, 0.4) is 0 Å². The van der Waals surface area contributed by atoms with E-state index in [9.17, 15) is 18.0 Å². The molecule has 1 aromatic carbocycles. The number of pyridine rings is 1. The van der Waals surface area contributed by atoms with Crippen LogP contribution in [-0.2, 0) is 17.4 Å². The van der Waals surface area contributed by atoms with Gasteiger partial charge in [-0.2, -0.15) is 17.7 Å². The lowest BCUT2D eigenvalue weighted by atomic mass is 10.1. The lowest BCUT2D eigenvalue weighted by Crippen LogP contribution is -2.15. The molecule has 148 valence electrons. The van der Waals surface area contributed by atoms with Crippen molar-refractivity contribution in [1.82, 2.24) is 19.6 Å². The van der Waals surface area contributed by atoms with Gasteiger partial charge in [0.05, 0.1) is 30.1 Å². The van der Waals surface area contributed by atoms with Crippen molar-refractivity contribution < 1.29 is 22.4 Å². The molecule has 3 aromatic heterocycles. The van der Waals surface area contributed by atoms with Gasteiger partial charge in [0.1, 0.15) is 11.5 Å².